The molecule has 0 atom stereocenters. The van der Waals surface area contributed by atoms with Gasteiger partial charge < -0.3 is 0 Å². The lowest BCUT2D eigenvalue weighted by Gasteiger charge is -2.08. The van der Waals surface area contributed by atoms with E-state index >= 15 is 0 Å². The number of ketones is 1. The van der Waals surface area contributed by atoms with E-state index in [1.807, 2.05) is 18.2 Å². The predicted octanol–water partition coefficient (Wildman–Crippen LogP) is 4.12. The molecule has 0 N–H and O–H groups in total. The smallest absolute Gasteiger partial charge is 0.134 e. The average molecular weight is 234 g/mol. The molecular weight excluding hydrogens is 220 g/mol. The zero-order valence-electron chi connectivity index (χ0n) is 10.3. The molecule has 0 aliphatic rings. The molecule has 0 amide bonds. The zero-order valence-corrected chi connectivity index (χ0v) is 10.3. The fourth-order valence-corrected chi connectivity index (χ4v) is 2.53. The minimum atomic E-state index is 0.204. The zero-order chi connectivity index (χ0) is 12.5. The topological polar surface area (TPSA) is 17.1 Å². The van der Waals surface area contributed by atoms with Gasteiger partial charge in [0.1, 0.15) is 5.78 Å². The van der Waals surface area contributed by atoms with Crippen LogP contribution in [0.2, 0.25) is 0 Å². The maximum Gasteiger partial charge on any atom is 0.134 e. The third-order valence-corrected chi connectivity index (χ3v) is 3.32. The summed E-state index contributed by atoms with van der Waals surface area (Å²) in [4.78, 5) is 11.3. The normalized spacial score (nSPS) is 10.9. The van der Waals surface area contributed by atoms with Crippen molar-refractivity contribution in [2.24, 2.45) is 0 Å². The quantitative estimate of drug-likeness (QED) is 0.609. The standard InChI is InChI=1S/C17H14O/c1-12(18)11-14-6-4-8-17-15-7-3-2-5-13(15)9-10-16(14)17/h2-10H,11H2,1H3. The van der Waals surface area contributed by atoms with Crippen molar-refractivity contribution in [3.8, 4) is 0 Å². The van der Waals surface area contributed by atoms with Crippen LogP contribution in [0.5, 0.6) is 0 Å². The lowest BCUT2D eigenvalue weighted by molar-refractivity contribution is -0.116. The van der Waals surface area contributed by atoms with E-state index in [1.54, 1.807) is 6.92 Å². The Balaban J connectivity index is 2.36. The number of carbonyl (C=O) groups is 1. The molecule has 3 aromatic carbocycles. The van der Waals surface area contributed by atoms with Gasteiger partial charge >= 0.3 is 0 Å². The van der Waals surface area contributed by atoms with Crippen molar-refractivity contribution in [1.82, 2.24) is 0 Å². The molecule has 0 bridgehead atoms. The highest BCUT2D eigenvalue weighted by Crippen LogP contribution is 2.27. The van der Waals surface area contributed by atoms with Crippen LogP contribution in [0.3, 0.4) is 0 Å². The summed E-state index contributed by atoms with van der Waals surface area (Å²) in [6.45, 7) is 1.64. The van der Waals surface area contributed by atoms with Gasteiger partial charge in [0, 0.05) is 6.42 Å². The van der Waals surface area contributed by atoms with Crippen LogP contribution in [0.25, 0.3) is 21.5 Å². The lowest BCUT2D eigenvalue weighted by atomic mass is 9.96. The van der Waals surface area contributed by atoms with E-state index in [4.69, 9.17) is 0 Å². The van der Waals surface area contributed by atoms with Gasteiger partial charge in [0.15, 0.2) is 0 Å². The van der Waals surface area contributed by atoms with E-state index in [2.05, 4.69) is 36.4 Å². The number of carbonyl (C=O) groups excluding carboxylic acids is 1. The van der Waals surface area contributed by atoms with E-state index in [9.17, 15) is 4.79 Å². The summed E-state index contributed by atoms with van der Waals surface area (Å²) in [7, 11) is 0. The Morgan fingerprint density at radius 3 is 2.44 bits per heavy atom. The molecule has 0 aliphatic carbocycles. The highest BCUT2D eigenvalue weighted by Gasteiger charge is 2.05. The van der Waals surface area contributed by atoms with E-state index in [0.29, 0.717) is 6.42 Å². The summed E-state index contributed by atoms with van der Waals surface area (Å²) in [5.41, 5.74) is 1.12. The molecule has 0 fully saturated rings. The first-order chi connectivity index (χ1) is 8.75. The molecule has 0 saturated carbocycles. The predicted molar refractivity (Wildman–Crippen MR) is 75.8 cm³/mol. The molecule has 1 nitrogen and oxygen atoms in total. The summed E-state index contributed by atoms with van der Waals surface area (Å²) < 4.78 is 0. The second kappa shape index (κ2) is 4.26. The highest BCUT2D eigenvalue weighted by atomic mass is 16.1. The maximum atomic E-state index is 11.3. The third-order valence-electron chi connectivity index (χ3n) is 3.32. The fourth-order valence-electron chi connectivity index (χ4n) is 2.53. The summed E-state index contributed by atoms with van der Waals surface area (Å²) in [6, 6.07) is 18.8. The summed E-state index contributed by atoms with van der Waals surface area (Å²) >= 11 is 0. The van der Waals surface area contributed by atoms with Gasteiger partial charge in [-0.15, -0.1) is 0 Å². The molecule has 88 valence electrons. The summed E-state index contributed by atoms with van der Waals surface area (Å²) in [5.74, 6) is 0.204. The van der Waals surface area contributed by atoms with Crippen LogP contribution in [-0.2, 0) is 11.2 Å². The fraction of sp³-hybridized carbons (Fsp3) is 0.118. The summed E-state index contributed by atoms with van der Waals surface area (Å²) in [5, 5.41) is 4.91. The van der Waals surface area contributed by atoms with Gasteiger partial charge in [0.25, 0.3) is 0 Å². The van der Waals surface area contributed by atoms with Gasteiger partial charge in [-0.1, -0.05) is 54.6 Å². The molecule has 0 saturated heterocycles. The Morgan fingerprint density at radius 2 is 1.61 bits per heavy atom. The molecule has 0 unspecified atom stereocenters. The Hall–Kier alpha value is -2.15. The molecule has 0 radical (unpaired) electrons. The number of hydrogen-bond acceptors (Lipinski definition) is 1. The van der Waals surface area contributed by atoms with Crippen LogP contribution < -0.4 is 0 Å². The number of Topliss-reactive ketones (excluding diaryl/α,β-unsaturated/α-hetero) is 1. The Kier molecular flexibility index (Phi) is 2.60. The van der Waals surface area contributed by atoms with Crippen molar-refractivity contribution in [2.45, 2.75) is 13.3 Å². The van der Waals surface area contributed by atoms with Crippen LogP contribution >= 0.6 is 0 Å². The monoisotopic (exact) mass is 234 g/mol. The average Bonchev–Trinajstić information content (AvgIpc) is 2.38. The third kappa shape index (κ3) is 1.78. The van der Waals surface area contributed by atoms with Gasteiger partial charge in [-0.05, 0) is 34.0 Å². The van der Waals surface area contributed by atoms with Crippen molar-refractivity contribution >= 4 is 27.3 Å². The van der Waals surface area contributed by atoms with Gasteiger partial charge in [-0.2, -0.15) is 0 Å². The molecule has 1 heteroatoms. The van der Waals surface area contributed by atoms with Gasteiger partial charge in [-0.25, -0.2) is 0 Å². The van der Waals surface area contributed by atoms with Gasteiger partial charge in [0.05, 0.1) is 0 Å². The number of benzene rings is 3. The van der Waals surface area contributed by atoms with Crippen LogP contribution in [0.1, 0.15) is 12.5 Å². The molecule has 0 spiro atoms. The van der Waals surface area contributed by atoms with Crippen molar-refractivity contribution in [3.05, 3.63) is 60.2 Å². The van der Waals surface area contributed by atoms with E-state index in [-0.39, 0.29) is 5.78 Å². The lowest BCUT2D eigenvalue weighted by Crippen LogP contribution is -1.97. The largest absolute Gasteiger partial charge is 0.300 e. The molecule has 18 heavy (non-hydrogen) atoms. The van der Waals surface area contributed by atoms with E-state index in [1.165, 1.54) is 21.5 Å². The van der Waals surface area contributed by atoms with Crippen LogP contribution in [-0.4, -0.2) is 5.78 Å². The van der Waals surface area contributed by atoms with Crippen LogP contribution in [0.15, 0.2) is 54.6 Å². The number of fused-ring (bicyclic) bond motifs is 3. The van der Waals surface area contributed by atoms with Gasteiger partial charge in [-0.3, -0.25) is 4.79 Å². The molecule has 0 aromatic heterocycles. The van der Waals surface area contributed by atoms with Crippen LogP contribution in [0.4, 0.5) is 0 Å². The summed E-state index contributed by atoms with van der Waals surface area (Å²) in [6.07, 6.45) is 0.510. The molecular formula is C17H14O. The number of rotatable bonds is 2. The SMILES string of the molecule is CC(=O)Cc1cccc2c1ccc1ccccc12. The first-order valence-electron chi connectivity index (χ1n) is 6.14. The van der Waals surface area contributed by atoms with Crippen molar-refractivity contribution in [2.75, 3.05) is 0 Å². The molecule has 3 aromatic rings. The van der Waals surface area contributed by atoms with E-state index in [0.717, 1.165) is 5.56 Å². The van der Waals surface area contributed by atoms with Gasteiger partial charge in [0.2, 0.25) is 0 Å². The van der Waals surface area contributed by atoms with Crippen LogP contribution in [0, 0.1) is 0 Å². The minimum Gasteiger partial charge on any atom is -0.300 e. The Bertz CT molecular complexity index is 741. The molecule has 0 heterocycles. The van der Waals surface area contributed by atoms with Crippen molar-refractivity contribution in [3.63, 3.8) is 0 Å². The molecule has 0 aliphatic heterocycles. The minimum absolute atomic E-state index is 0.204. The second-order valence-electron chi connectivity index (χ2n) is 4.68. The maximum absolute atomic E-state index is 11.3. The Morgan fingerprint density at radius 1 is 0.833 bits per heavy atom. The Labute approximate surface area is 106 Å². The number of hydrogen-bond donors (Lipinski definition) is 0. The van der Waals surface area contributed by atoms with Crippen molar-refractivity contribution in [1.29, 1.82) is 0 Å². The highest BCUT2D eigenvalue weighted by molar-refractivity contribution is 6.08. The van der Waals surface area contributed by atoms with Crippen molar-refractivity contribution < 1.29 is 4.79 Å². The van der Waals surface area contributed by atoms with E-state index < -0.39 is 0 Å². The first kappa shape index (κ1) is 11.0. The second-order valence-corrected chi connectivity index (χ2v) is 4.68. The molecule has 3 rings (SSSR count). The first-order valence-corrected chi connectivity index (χ1v) is 6.14.